The zero-order valence-corrected chi connectivity index (χ0v) is 27.2. The minimum Gasteiger partial charge on any atom is -0.490 e. The molecule has 1 heterocycles. The highest BCUT2D eigenvalue weighted by molar-refractivity contribution is 6.04. The summed E-state index contributed by atoms with van der Waals surface area (Å²) in [4.78, 5) is 28.0. The number of unbranched alkanes of at least 4 members (excludes halogenated alkanes) is 1. The first-order valence-corrected chi connectivity index (χ1v) is 16.4. The Morgan fingerprint density at radius 3 is 2.20 bits per heavy atom. The maximum Gasteiger partial charge on any atom is 0.319 e. The molecule has 4 N–H and O–H groups in total. The summed E-state index contributed by atoms with van der Waals surface area (Å²) in [7, 11) is 0. The monoisotopic (exact) mass is 615 g/mol. The fourth-order valence-corrected chi connectivity index (χ4v) is 5.49. The smallest absolute Gasteiger partial charge is 0.319 e. The number of rotatable bonds is 15. The first-order valence-electron chi connectivity index (χ1n) is 16.4. The van der Waals surface area contributed by atoms with Gasteiger partial charge in [0.2, 0.25) is 0 Å². The summed E-state index contributed by atoms with van der Waals surface area (Å²) in [6, 6.07) is 20.9. The van der Waals surface area contributed by atoms with Crippen molar-refractivity contribution in [3.63, 3.8) is 0 Å². The Morgan fingerprint density at radius 2 is 1.56 bits per heavy atom. The fourth-order valence-electron chi connectivity index (χ4n) is 5.49. The van der Waals surface area contributed by atoms with Gasteiger partial charge in [0.05, 0.1) is 6.61 Å². The third-order valence-electron chi connectivity index (χ3n) is 8.13. The molecule has 0 aromatic heterocycles. The Labute approximate surface area is 268 Å². The summed E-state index contributed by atoms with van der Waals surface area (Å²) in [5.74, 6) is 1.48. The van der Waals surface area contributed by atoms with Crippen LogP contribution in [0.4, 0.5) is 21.9 Å². The maximum atomic E-state index is 13.0. The van der Waals surface area contributed by atoms with Crippen LogP contribution in [0.25, 0.3) is 0 Å². The molecule has 0 saturated carbocycles. The van der Waals surface area contributed by atoms with E-state index in [1.165, 1.54) is 5.69 Å². The van der Waals surface area contributed by atoms with Crippen LogP contribution >= 0.6 is 0 Å². The van der Waals surface area contributed by atoms with E-state index in [1.807, 2.05) is 45.0 Å². The van der Waals surface area contributed by atoms with Crippen LogP contribution in [0.5, 0.6) is 17.2 Å². The molecule has 1 aliphatic rings. The molecule has 1 aliphatic heterocycles. The van der Waals surface area contributed by atoms with Crippen LogP contribution in [-0.4, -0.2) is 50.3 Å². The molecule has 4 rings (SSSR count). The molecule has 0 spiro atoms. The minimum atomic E-state index is -0.250. The molecule has 1 fully saturated rings. The van der Waals surface area contributed by atoms with Crippen molar-refractivity contribution in [1.82, 2.24) is 10.6 Å². The van der Waals surface area contributed by atoms with Crippen LogP contribution in [0.3, 0.4) is 0 Å². The normalized spacial score (nSPS) is 13.3. The molecule has 0 radical (unpaired) electrons. The molecule has 0 atom stereocenters. The Kier molecular flexibility index (Phi) is 12.9. The number of carbonyl (C=O) groups excluding carboxylic acids is 2. The average molecular weight is 616 g/mol. The molecule has 1 saturated heterocycles. The molecule has 3 aromatic rings. The highest BCUT2D eigenvalue weighted by Gasteiger charge is 2.21. The SMILES string of the molecule is CCCCN(c1ccc(C(=O)Nc2ccc(Oc3ccc(NC(=O)NC(CC)CC)cc3OCC)cc2)cc1)C1CCNCC1. The number of hydrogen-bond acceptors (Lipinski definition) is 6. The standard InChI is InChI=1S/C36H49N5O4/c1-5-9-24-41(31-20-22-37-23-21-31)30-15-10-26(11-16-30)35(42)38-28-12-17-32(18-13-28)45-33-19-14-29(25-34(33)44-8-4)40-36(43)39-27(6-2)7-3/h10-19,25,27,31,37H,5-9,20-24H2,1-4H3,(H,38,42)(H2,39,40,43). The molecule has 9 nitrogen and oxygen atoms in total. The van der Waals surface area contributed by atoms with Gasteiger partial charge in [-0.3, -0.25) is 4.79 Å². The molecule has 45 heavy (non-hydrogen) atoms. The van der Waals surface area contributed by atoms with Crippen molar-refractivity contribution < 1.29 is 19.1 Å². The lowest BCUT2D eigenvalue weighted by atomic mass is 10.0. The highest BCUT2D eigenvalue weighted by Crippen LogP contribution is 2.34. The molecule has 3 amide bonds. The second-order valence-electron chi connectivity index (χ2n) is 11.4. The number of carbonyl (C=O) groups is 2. The molecular formula is C36H49N5O4. The number of urea groups is 1. The summed E-state index contributed by atoms with van der Waals surface area (Å²) in [6.45, 7) is 11.8. The number of amides is 3. The van der Waals surface area contributed by atoms with Gasteiger partial charge in [0.1, 0.15) is 5.75 Å². The van der Waals surface area contributed by atoms with Crippen molar-refractivity contribution in [2.75, 3.05) is 41.8 Å². The quantitative estimate of drug-likeness (QED) is 0.139. The number of ether oxygens (including phenoxy) is 2. The Balaban J connectivity index is 1.36. The zero-order chi connectivity index (χ0) is 32.0. The molecule has 242 valence electrons. The van der Waals surface area contributed by atoms with Crippen molar-refractivity contribution in [2.45, 2.75) is 78.3 Å². The van der Waals surface area contributed by atoms with E-state index in [0.29, 0.717) is 46.8 Å². The van der Waals surface area contributed by atoms with Crippen LogP contribution in [0.15, 0.2) is 66.7 Å². The lowest BCUT2D eigenvalue weighted by Crippen LogP contribution is -2.43. The van der Waals surface area contributed by atoms with Crippen molar-refractivity contribution in [1.29, 1.82) is 0 Å². The van der Waals surface area contributed by atoms with Gasteiger partial charge in [-0.05, 0) is 113 Å². The first kappa shape index (κ1) is 33.6. The molecule has 0 unspecified atom stereocenters. The van der Waals surface area contributed by atoms with E-state index < -0.39 is 0 Å². The lowest BCUT2D eigenvalue weighted by Gasteiger charge is -2.36. The largest absolute Gasteiger partial charge is 0.490 e. The van der Waals surface area contributed by atoms with E-state index in [9.17, 15) is 9.59 Å². The van der Waals surface area contributed by atoms with Gasteiger partial charge in [-0.15, -0.1) is 0 Å². The van der Waals surface area contributed by atoms with E-state index in [1.54, 1.807) is 30.3 Å². The minimum absolute atomic E-state index is 0.127. The van der Waals surface area contributed by atoms with Gasteiger partial charge in [-0.25, -0.2) is 4.79 Å². The highest BCUT2D eigenvalue weighted by atomic mass is 16.5. The number of piperidine rings is 1. The van der Waals surface area contributed by atoms with Gasteiger partial charge in [0.15, 0.2) is 11.5 Å². The number of benzene rings is 3. The van der Waals surface area contributed by atoms with Crippen molar-refractivity contribution >= 4 is 29.0 Å². The first-order chi connectivity index (χ1) is 21.9. The van der Waals surface area contributed by atoms with E-state index in [2.05, 4.69) is 45.2 Å². The molecule has 3 aromatic carbocycles. The van der Waals surface area contributed by atoms with Gasteiger partial charge < -0.3 is 35.6 Å². The third kappa shape index (κ3) is 9.88. The van der Waals surface area contributed by atoms with Gasteiger partial charge in [0, 0.05) is 47.3 Å². The summed E-state index contributed by atoms with van der Waals surface area (Å²) < 4.78 is 11.9. The Bertz CT molecular complexity index is 1350. The molecular weight excluding hydrogens is 566 g/mol. The molecule has 9 heteroatoms. The van der Waals surface area contributed by atoms with Crippen LogP contribution in [0.1, 0.15) is 76.6 Å². The van der Waals surface area contributed by atoms with Crippen molar-refractivity contribution in [2.24, 2.45) is 0 Å². The lowest BCUT2D eigenvalue weighted by molar-refractivity contribution is 0.102. The van der Waals surface area contributed by atoms with E-state index in [0.717, 1.165) is 58.2 Å². The van der Waals surface area contributed by atoms with E-state index >= 15 is 0 Å². The van der Waals surface area contributed by atoms with Crippen LogP contribution in [-0.2, 0) is 0 Å². The van der Waals surface area contributed by atoms with Crippen molar-refractivity contribution in [3.05, 3.63) is 72.3 Å². The van der Waals surface area contributed by atoms with Crippen LogP contribution in [0, 0.1) is 0 Å². The third-order valence-corrected chi connectivity index (χ3v) is 8.13. The van der Waals surface area contributed by atoms with Crippen LogP contribution in [0.2, 0.25) is 0 Å². The van der Waals surface area contributed by atoms with E-state index in [4.69, 9.17) is 9.47 Å². The summed E-state index contributed by atoms with van der Waals surface area (Å²) in [5.41, 5.74) is 3.07. The zero-order valence-electron chi connectivity index (χ0n) is 27.2. The second kappa shape index (κ2) is 17.3. The second-order valence-corrected chi connectivity index (χ2v) is 11.4. The van der Waals surface area contributed by atoms with Gasteiger partial charge in [0.25, 0.3) is 5.91 Å². The Morgan fingerprint density at radius 1 is 0.867 bits per heavy atom. The number of nitrogens with zero attached hydrogens (tertiary/aromatic N) is 1. The van der Waals surface area contributed by atoms with Gasteiger partial charge >= 0.3 is 6.03 Å². The number of nitrogens with one attached hydrogen (secondary N) is 4. The van der Waals surface area contributed by atoms with Gasteiger partial charge in [-0.1, -0.05) is 27.2 Å². The summed E-state index contributed by atoms with van der Waals surface area (Å²) >= 11 is 0. The predicted octanol–water partition coefficient (Wildman–Crippen LogP) is 7.80. The average Bonchev–Trinajstić information content (AvgIpc) is 3.06. The maximum absolute atomic E-state index is 13.0. The summed E-state index contributed by atoms with van der Waals surface area (Å²) in [5, 5.41) is 12.3. The number of anilines is 3. The van der Waals surface area contributed by atoms with Gasteiger partial charge in [-0.2, -0.15) is 0 Å². The fraction of sp³-hybridized carbons (Fsp3) is 0.444. The Hall–Kier alpha value is -4.24. The number of hydrogen-bond donors (Lipinski definition) is 4. The summed E-state index contributed by atoms with van der Waals surface area (Å²) in [6.07, 6.45) is 6.32. The topological polar surface area (TPSA) is 104 Å². The molecule has 0 aliphatic carbocycles. The van der Waals surface area contributed by atoms with Crippen molar-refractivity contribution in [3.8, 4) is 17.2 Å². The van der Waals surface area contributed by atoms with Crippen LogP contribution < -0.4 is 35.6 Å². The predicted molar refractivity (Wildman–Crippen MR) is 183 cm³/mol. The van der Waals surface area contributed by atoms with E-state index in [-0.39, 0.29) is 18.0 Å². The molecule has 0 bridgehead atoms.